The molecule has 0 saturated carbocycles. The molecule has 96 valence electrons. The number of hydrogen-bond donors (Lipinski definition) is 1. The Bertz CT molecular complexity index is 315. The van der Waals surface area contributed by atoms with Crippen molar-refractivity contribution in [3.05, 3.63) is 23.7 Å². The lowest BCUT2D eigenvalue weighted by Gasteiger charge is -2.22. The molecule has 0 unspecified atom stereocenters. The minimum Gasteiger partial charge on any atom is -0.512 e. The van der Waals surface area contributed by atoms with E-state index in [0.717, 1.165) is 12.8 Å². The van der Waals surface area contributed by atoms with Crippen LogP contribution in [0.4, 0.5) is 0 Å². The van der Waals surface area contributed by atoms with E-state index < -0.39 is 0 Å². The van der Waals surface area contributed by atoms with Gasteiger partial charge in [-0.2, -0.15) is 0 Å². The van der Waals surface area contributed by atoms with Gasteiger partial charge in [-0.05, 0) is 38.7 Å². The fourth-order valence-electron chi connectivity index (χ4n) is 1.94. The number of aliphatic hydroxyl groups excluding tert-OH is 1. The third kappa shape index (κ3) is 4.63. The van der Waals surface area contributed by atoms with Crippen molar-refractivity contribution in [2.75, 3.05) is 0 Å². The average Bonchev–Trinajstić information content (AvgIpc) is 2.28. The zero-order valence-electron chi connectivity index (χ0n) is 10.7. The molecule has 1 N–H and O–H groups in total. The fourth-order valence-corrected chi connectivity index (χ4v) is 1.94. The molecular weight excluding hydrogens is 216 g/mol. The Morgan fingerprint density at radius 2 is 2.35 bits per heavy atom. The maximum atomic E-state index is 11.2. The number of hydrogen-bond acceptors (Lipinski definition) is 3. The molecule has 0 spiro atoms. The van der Waals surface area contributed by atoms with Gasteiger partial charge in [0.15, 0.2) is 5.78 Å². The highest BCUT2D eigenvalue weighted by Gasteiger charge is 2.23. The summed E-state index contributed by atoms with van der Waals surface area (Å²) in [6.45, 7) is 3.65. The molecule has 0 aromatic rings. The maximum absolute atomic E-state index is 11.2. The molecule has 0 aromatic carbocycles. The number of allylic oxidation sites excluding steroid dienone is 2. The summed E-state index contributed by atoms with van der Waals surface area (Å²) in [5.41, 5.74) is 0.569. The molecule has 1 aliphatic rings. The van der Waals surface area contributed by atoms with Gasteiger partial charge in [-0.15, -0.1) is 0 Å². The second-order valence-electron chi connectivity index (χ2n) is 4.50. The van der Waals surface area contributed by atoms with Gasteiger partial charge < -0.3 is 9.84 Å². The molecule has 0 aromatic heterocycles. The quantitative estimate of drug-likeness (QED) is 0.567. The van der Waals surface area contributed by atoms with E-state index in [9.17, 15) is 9.90 Å². The maximum Gasteiger partial charge on any atom is 0.159 e. The van der Waals surface area contributed by atoms with Gasteiger partial charge >= 0.3 is 0 Å². The lowest BCUT2D eigenvalue weighted by atomic mass is 9.93. The van der Waals surface area contributed by atoms with Gasteiger partial charge in [0.2, 0.25) is 0 Å². The summed E-state index contributed by atoms with van der Waals surface area (Å²) in [4.78, 5) is 11.2. The lowest BCUT2D eigenvalue weighted by Crippen LogP contribution is -2.19. The summed E-state index contributed by atoms with van der Waals surface area (Å²) < 4.78 is 5.54. The fraction of sp³-hybridized carbons (Fsp3) is 0.643. The molecule has 0 saturated heterocycles. The number of ether oxygens (including phenoxy) is 1. The first-order valence-corrected chi connectivity index (χ1v) is 6.37. The van der Waals surface area contributed by atoms with Crippen LogP contribution >= 0.6 is 0 Å². The van der Waals surface area contributed by atoms with Crippen molar-refractivity contribution in [2.24, 2.45) is 0 Å². The predicted octanol–water partition coefficient (Wildman–Crippen LogP) is 3.66. The first-order chi connectivity index (χ1) is 8.15. The number of carbonyl (C=O) groups is 1. The summed E-state index contributed by atoms with van der Waals surface area (Å²) in [6, 6.07) is 0. The number of ketones is 1. The molecule has 1 rings (SSSR count). The summed E-state index contributed by atoms with van der Waals surface area (Å²) in [6.07, 6.45) is 9.01. The van der Waals surface area contributed by atoms with Crippen molar-refractivity contribution < 1.29 is 14.6 Å². The second kappa shape index (κ2) is 7.15. The van der Waals surface area contributed by atoms with Crippen LogP contribution in [0.3, 0.4) is 0 Å². The van der Waals surface area contributed by atoms with Gasteiger partial charge in [0.05, 0.1) is 6.26 Å². The van der Waals surface area contributed by atoms with Crippen molar-refractivity contribution in [3.8, 4) is 0 Å². The van der Waals surface area contributed by atoms with E-state index in [1.807, 2.05) is 6.08 Å². The molecule has 0 fully saturated rings. The molecule has 3 nitrogen and oxygen atoms in total. The molecule has 1 atom stereocenters. The second-order valence-corrected chi connectivity index (χ2v) is 4.50. The minimum atomic E-state index is -0.0283. The van der Waals surface area contributed by atoms with E-state index >= 15 is 0 Å². The van der Waals surface area contributed by atoms with E-state index in [4.69, 9.17) is 4.74 Å². The Labute approximate surface area is 103 Å². The topological polar surface area (TPSA) is 46.5 Å². The molecule has 0 aliphatic heterocycles. The first-order valence-electron chi connectivity index (χ1n) is 6.37. The molecule has 17 heavy (non-hydrogen) atoms. The van der Waals surface area contributed by atoms with E-state index in [1.54, 1.807) is 6.26 Å². The van der Waals surface area contributed by atoms with Gasteiger partial charge in [-0.1, -0.05) is 13.3 Å². The largest absolute Gasteiger partial charge is 0.512 e. The molecule has 0 heterocycles. The highest BCUT2D eigenvalue weighted by Crippen LogP contribution is 2.26. The van der Waals surface area contributed by atoms with Crippen LogP contribution in [0, 0.1) is 0 Å². The van der Waals surface area contributed by atoms with Crippen molar-refractivity contribution in [1.29, 1.82) is 0 Å². The number of aliphatic hydroxyl groups is 1. The number of rotatable bonds is 6. The van der Waals surface area contributed by atoms with Crippen LogP contribution in [-0.4, -0.2) is 17.0 Å². The van der Waals surface area contributed by atoms with Crippen LogP contribution in [0.25, 0.3) is 0 Å². The third-order valence-electron chi connectivity index (χ3n) is 3.00. The van der Waals surface area contributed by atoms with Crippen LogP contribution < -0.4 is 0 Å². The van der Waals surface area contributed by atoms with Crippen molar-refractivity contribution in [1.82, 2.24) is 0 Å². The summed E-state index contributed by atoms with van der Waals surface area (Å²) in [5.74, 6) is 0.176. The van der Waals surface area contributed by atoms with Crippen LogP contribution in [0.5, 0.6) is 0 Å². The molecule has 1 aliphatic carbocycles. The van der Waals surface area contributed by atoms with E-state index in [-0.39, 0.29) is 17.6 Å². The highest BCUT2D eigenvalue weighted by molar-refractivity contribution is 5.93. The monoisotopic (exact) mass is 238 g/mol. The van der Waals surface area contributed by atoms with E-state index in [1.165, 1.54) is 19.8 Å². The zero-order valence-corrected chi connectivity index (χ0v) is 10.7. The van der Waals surface area contributed by atoms with Crippen LogP contribution in [-0.2, 0) is 9.53 Å². The first kappa shape index (κ1) is 13.8. The predicted molar refractivity (Wildman–Crippen MR) is 67.7 cm³/mol. The number of unbranched alkanes of at least 4 members (excludes halogenated alkanes) is 2. The summed E-state index contributed by atoms with van der Waals surface area (Å²) in [5, 5.41) is 9.71. The Morgan fingerprint density at radius 3 is 2.94 bits per heavy atom. The highest BCUT2D eigenvalue weighted by atomic mass is 16.5. The number of Topliss-reactive ketones (excluding diaryl/α,β-unsaturated/α-hetero) is 1. The van der Waals surface area contributed by atoms with E-state index in [2.05, 4.69) is 6.92 Å². The van der Waals surface area contributed by atoms with Crippen molar-refractivity contribution in [2.45, 2.75) is 58.5 Å². The Hall–Kier alpha value is -1.25. The van der Waals surface area contributed by atoms with Gasteiger partial charge in [-0.3, -0.25) is 4.79 Å². The third-order valence-corrected chi connectivity index (χ3v) is 3.00. The average molecular weight is 238 g/mol. The Kier molecular flexibility index (Phi) is 5.81. The smallest absolute Gasteiger partial charge is 0.159 e. The lowest BCUT2D eigenvalue weighted by molar-refractivity contribution is -0.114. The van der Waals surface area contributed by atoms with Gasteiger partial charge in [0, 0.05) is 12.0 Å². The van der Waals surface area contributed by atoms with E-state index in [0.29, 0.717) is 18.4 Å². The van der Waals surface area contributed by atoms with Gasteiger partial charge in [-0.25, -0.2) is 0 Å². The normalized spacial score (nSPS) is 20.9. The Morgan fingerprint density at radius 1 is 1.59 bits per heavy atom. The minimum absolute atomic E-state index is 0.0102. The van der Waals surface area contributed by atoms with Crippen LogP contribution in [0.15, 0.2) is 23.7 Å². The molecule has 0 radical (unpaired) electrons. The summed E-state index contributed by atoms with van der Waals surface area (Å²) >= 11 is 0. The molecule has 0 amide bonds. The summed E-state index contributed by atoms with van der Waals surface area (Å²) in [7, 11) is 0. The van der Waals surface area contributed by atoms with Crippen molar-refractivity contribution in [3.63, 3.8) is 0 Å². The molecule has 0 bridgehead atoms. The van der Waals surface area contributed by atoms with Crippen LogP contribution in [0.2, 0.25) is 0 Å². The molecule has 3 heteroatoms. The van der Waals surface area contributed by atoms with Crippen molar-refractivity contribution >= 4 is 5.78 Å². The van der Waals surface area contributed by atoms with Gasteiger partial charge in [0.25, 0.3) is 0 Å². The Balaban J connectivity index is 2.35. The molecular formula is C14H22O3. The standard InChI is InChI=1S/C14H22O3/c1-3-4-5-6-9-17-12-7-8-13(11(2)15)14(16)10-12/h6,9,12,16H,3-5,7-8,10H2,1-2H3/b9-6+/t12-/m1/s1. The SMILES string of the molecule is CCCC/C=C/O[C@@H]1CCC(C(C)=O)=C(O)C1. The van der Waals surface area contributed by atoms with Crippen LogP contribution in [0.1, 0.15) is 52.4 Å². The number of carbonyl (C=O) groups excluding carboxylic acids is 1. The van der Waals surface area contributed by atoms with Gasteiger partial charge in [0.1, 0.15) is 11.9 Å². The zero-order chi connectivity index (χ0) is 12.7.